The van der Waals surface area contributed by atoms with Crippen LogP contribution in [0.1, 0.15) is 12.8 Å². The van der Waals surface area contributed by atoms with E-state index in [4.69, 9.17) is 4.74 Å². The summed E-state index contributed by atoms with van der Waals surface area (Å²) in [7, 11) is 0. The first kappa shape index (κ1) is 15.1. The van der Waals surface area contributed by atoms with Crippen molar-refractivity contribution in [3.05, 3.63) is 36.3 Å². The summed E-state index contributed by atoms with van der Waals surface area (Å²) in [6.07, 6.45) is 3.33. The highest BCUT2D eigenvalue weighted by atomic mass is 19.1. The summed E-state index contributed by atoms with van der Waals surface area (Å²) < 4.78 is 19.1. The molecule has 0 bridgehead atoms. The third kappa shape index (κ3) is 3.56. The molecule has 126 valence electrons. The molecule has 1 saturated heterocycles. The van der Waals surface area contributed by atoms with Gasteiger partial charge in [-0.15, -0.1) is 0 Å². The van der Waals surface area contributed by atoms with E-state index in [-0.39, 0.29) is 5.82 Å². The van der Waals surface area contributed by atoms with Crippen LogP contribution in [0.5, 0.6) is 0 Å². The molecule has 1 aromatic heterocycles. The highest BCUT2D eigenvalue weighted by molar-refractivity contribution is 5.60. The van der Waals surface area contributed by atoms with Crippen LogP contribution in [0.2, 0.25) is 0 Å². The maximum Gasteiger partial charge on any atom is 0.229 e. The Bertz CT molecular complexity index is 699. The molecule has 0 amide bonds. The van der Waals surface area contributed by atoms with E-state index in [2.05, 4.69) is 37.6 Å². The largest absolute Gasteiger partial charge is 0.378 e. The van der Waals surface area contributed by atoms with Gasteiger partial charge >= 0.3 is 0 Å². The van der Waals surface area contributed by atoms with Crippen molar-refractivity contribution in [1.82, 2.24) is 9.97 Å². The van der Waals surface area contributed by atoms with Gasteiger partial charge in [0.05, 0.1) is 19.4 Å². The van der Waals surface area contributed by atoms with Gasteiger partial charge in [-0.05, 0) is 37.1 Å². The van der Waals surface area contributed by atoms with Crippen molar-refractivity contribution in [1.29, 1.82) is 0 Å². The minimum atomic E-state index is -0.421. The number of morpholine rings is 1. The second-order valence-electron chi connectivity index (χ2n) is 6.08. The van der Waals surface area contributed by atoms with Gasteiger partial charge in [0.25, 0.3) is 0 Å². The number of aromatic nitrogens is 2. The van der Waals surface area contributed by atoms with Gasteiger partial charge in [0, 0.05) is 30.5 Å². The molecule has 7 heteroatoms. The lowest BCUT2D eigenvalue weighted by Crippen LogP contribution is -2.36. The summed E-state index contributed by atoms with van der Waals surface area (Å²) in [5.41, 5.74) is 2.04. The monoisotopic (exact) mass is 329 g/mol. The van der Waals surface area contributed by atoms with Gasteiger partial charge in [-0.25, -0.2) is 9.37 Å². The Kier molecular flexibility index (Phi) is 4.17. The summed E-state index contributed by atoms with van der Waals surface area (Å²) in [6, 6.07) is 8.41. The summed E-state index contributed by atoms with van der Waals surface area (Å²) in [5, 5.41) is 6.20. The van der Waals surface area contributed by atoms with Crippen LogP contribution < -0.4 is 15.5 Å². The van der Waals surface area contributed by atoms with E-state index in [0.717, 1.165) is 44.8 Å². The first-order chi connectivity index (χ1) is 11.8. The van der Waals surface area contributed by atoms with Crippen LogP contribution in [0.25, 0.3) is 0 Å². The Morgan fingerprint density at radius 1 is 1.12 bits per heavy atom. The molecule has 1 aliphatic carbocycles. The normalized spacial score (nSPS) is 17.6. The van der Waals surface area contributed by atoms with Crippen LogP contribution in [0, 0.1) is 5.82 Å². The van der Waals surface area contributed by atoms with Crippen LogP contribution >= 0.6 is 0 Å². The lowest BCUT2D eigenvalue weighted by Gasteiger charge is -2.28. The fourth-order valence-corrected chi connectivity index (χ4v) is 2.66. The fraction of sp³-hybridized carbons (Fsp3) is 0.412. The van der Waals surface area contributed by atoms with Crippen molar-refractivity contribution in [2.75, 3.05) is 41.8 Å². The average molecular weight is 329 g/mol. The van der Waals surface area contributed by atoms with E-state index in [1.54, 1.807) is 0 Å². The van der Waals surface area contributed by atoms with Crippen LogP contribution in [-0.4, -0.2) is 42.3 Å². The van der Waals surface area contributed by atoms with E-state index in [0.29, 0.717) is 12.0 Å². The molecule has 0 unspecified atom stereocenters. The smallest absolute Gasteiger partial charge is 0.229 e. The second kappa shape index (κ2) is 6.60. The lowest BCUT2D eigenvalue weighted by molar-refractivity contribution is 0.122. The van der Waals surface area contributed by atoms with E-state index in [1.165, 1.54) is 11.9 Å². The van der Waals surface area contributed by atoms with Crippen LogP contribution in [-0.2, 0) is 4.74 Å². The average Bonchev–Trinajstić information content (AvgIpc) is 3.43. The van der Waals surface area contributed by atoms with Crippen LogP contribution in [0.4, 0.5) is 27.5 Å². The van der Waals surface area contributed by atoms with Gasteiger partial charge < -0.3 is 20.3 Å². The highest BCUT2D eigenvalue weighted by Crippen LogP contribution is 2.26. The molecule has 24 heavy (non-hydrogen) atoms. The molecule has 0 spiro atoms. The minimum Gasteiger partial charge on any atom is -0.378 e. The minimum absolute atomic E-state index is 0.264. The molecule has 2 N–H and O–H groups in total. The molecule has 2 aliphatic rings. The molecule has 2 fully saturated rings. The molecule has 6 nitrogen and oxygen atoms in total. The lowest BCUT2D eigenvalue weighted by atomic mass is 10.2. The number of hydrogen-bond acceptors (Lipinski definition) is 6. The molecule has 1 aromatic carbocycles. The SMILES string of the molecule is Fc1cnc(Nc2ccc(N3CCOCC3)cc2)nc1NC1CC1. The van der Waals surface area contributed by atoms with Gasteiger partial charge in [-0.2, -0.15) is 4.98 Å². The maximum absolute atomic E-state index is 13.7. The van der Waals surface area contributed by atoms with Crippen molar-refractivity contribution in [2.24, 2.45) is 0 Å². The highest BCUT2D eigenvalue weighted by Gasteiger charge is 2.23. The van der Waals surface area contributed by atoms with Crippen molar-refractivity contribution in [3.63, 3.8) is 0 Å². The second-order valence-corrected chi connectivity index (χ2v) is 6.08. The molecule has 0 radical (unpaired) electrons. The molecule has 4 rings (SSSR count). The standard InChI is InChI=1S/C17H20FN5O/c18-15-11-19-17(22-16(15)20-12-1-2-12)21-13-3-5-14(6-4-13)23-7-9-24-10-8-23/h3-6,11-12H,1-2,7-10H2,(H2,19,20,21,22). The quantitative estimate of drug-likeness (QED) is 0.879. The Balaban J connectivity index is 1.44. The molecule has 0 atom stereocenters. The number of benzene rings is 1. The van der Waals surface area contributed by atoms with E-state index in [1.807, 2.05) is 12.1 Å². The zero-order valence-electron chi connectivity index (χ0n) is 13.3. The predicted octanol–water partition coefficient (Wildman–Crippen LogP) is 2.77. The Morgan fingerprint density at radius 2 is 1.88 bits per heavy atom. The van der Waals surface area contributed by atoms with Gasteiger partial charge in [-0.1, -0.05) is 0 Å². The third-order valence-corrected chi connectivity index (χ3v) is 4.16. The first-order valence-electron chi connectivity index (χ1n) is 8.27. The van der Waals surface area contributed by atoms with E-state index in [9.17, 15) is 4.39 Å². The Labute approximate surface area is 140 Å². The first-order valence-corrected chi connectivity index (χ1v) is 8.27. The van der Waals surface area contributed by atoms with Gasteiger partial charge in [0.1, 0.15) is 0 Å². The van der Waals surface area contributed by atoms with E-state index >= 15 is 0 Å². The number of nitrogens with one attached hydrogen (secondary N) is 2. The van der Waals surface area contributed by atoms with Crippen LogP contribution in [0.3, 0.4) is 0 Å². The Hall–Kier alpha value is -2.41. The third-order valence-electron chi connectivity index (χ3n) is 4.16. The van der Waals surface area contributed by atoms with Crippen molar-refractivity contribution >= 4 is 23.1 Å². The summed E-state index contributed by atoms with van der Waals surface area (Å²) >= 11 is 0. The number of hydrogen-bond donors (Lipinski definition) is 2. The molecule has 1 saturated carbocycles. The summed E-state index contributed by atoms with van der Waals surface area (Å²) in [6.45, 7) is 3.34. The Morgan fingerprint density at radius 3 is 2.58 bits per heavy atom. The molecular formula is C17H20FN5O. The number of ether oxygens (including phenoxy) is 1. The van der Waals surface area contributed by atoms with Crippen molar-refractivity contribution in [2.45, 2.75) is 18.9 Å². The van der Waals surface area contributed by atoms with Crippen LogP contribution in [0.15, 0.2) is 30.5 Å². The zero-order chi connectivity index (χ0) is 16.4. The fourth-order valence-electron chi connectivity index (χ4n) is 2.66. The molecule has 2 aromatic rings. The van der Waals surface area contributed by atoms with Crippen molar-refractivity contribution in [3.8, 4) is 0 Å². The zero-order valence-corrected chi connectivity index (χ0v) is 13.3. The molecule has 1 aliphatic heterocycles. The number of halogens is 1. The number of nitrogens with zero attached hydrogens (tertiary/aromatic N) is 3. The van der Waals surface area contributed by atoms with Gasteiger partial charge in [0.2, 0.25) is 5.95 Å². The number of anilines is 4. The van der Waals surface area contributed by atoms with E-state index < -0.39 is 5.82 Å². The maximum atomic E-state index is 13.7. The summed E-state index contributed by atoms with van der Waals surface area (Å²) in [5.74, 6) is 0.230. The number of rotatable bonds is 5. The predicted molar refractivity (Wildman–Crippen MR) is 91.4 cm³/mol. The summed E-state index contributed by atoms with van der Waals surface area (Å²) in [4.78, 5) is 10.5. The molecular weight excluding hydrogens is 309 g/mol. The van der Waals surface area contributed by atoms with Gasteiger partial charge in [-0.3, -0.25) is 0 Å². The van der Waals surface area contributed by atoms with Gasteiger partial charge in [0.15, 0.2) is 11.6 Å². The topological polar surface area (TPSA) is 62.3 Å². The molecule has 2 heterocycles. The van der Waals surface area contributed by atoms with Crippen molar-refractivity contribution < 1.29 is 9.13 Å².